The first-order chi connectivity index (χ1) is 14.8. The maximum absolute atomic E-state index is 13.1. The molecule has 0 aliphatic rings. The average Bonchev–Trinajstić information content (AvgIpc) is 3.20. The molecule has 8 nitrogen and oxygen atoms in total. The van der Waals surface area contributed by atoms with Gasteiger partial charge in [-0.2, -0.15) is 17.5 Å². The molecule has 2 N–H and O–H groups in total. The van der Waals surface area contributed by atoms with Crippen molar-refractivity contribution in [3.63, 3.8) is 0 Å². The third kappa shape index (κ3) is 6.92. The number of esters is 1. The molecule has 1 aromatic heterocycles. The molecule has 1 aromatic carbocycles. The quantitative estimate of drug-likeness (QED) is 0.314. The van der Waals surface area contributed by atoms with Gasteiger partial charge < -0.3 is 10.5 Å². The molecule has 0 amide bonds. The van der Waals surface area contributed by atoms with Gasteiger partial charge in [-0.1, -0.05) is 23.7 Å². The van der Waals surface area contributed by atoms with E-state index < -0.39 is 45.0 Å². The zero-order valence-electron chi connectivity index (χ0n) is 16.5. The Kier molecular flexibility index (Phi) is 8.67. The number of sulfone groups is 1. The smallest absolute Gasteiger partial charge is 0.432 e. The van der Waals surface area contributed by atoms with E-state index in [1.54, 1.807) is 6.26 Å². The third-order valence-electron chi connectivity index (χ3n) is 3.60. The molecule has 0 saturated carbocycles. The lowest BCUT2D eigenvalue weighted by Gasteiger charge is -2.10. The fraction of sp³-hybridized carbons (Fsp3) is 0.294. The number of rotatable bonds is 8. The van der Waals surface area contributed by atoms with Crippen LogP contribution in [0.15, 0.2) is 44.9 Å². The summed E-state index contributed by atoms with van der Waals surface area (Å²) in [6.07, 6.45) is -2.24. The monoisotopic (exact) mass is 528 g/mol. The summed E-state index contributed by atoms with van der Waals surface area (Å²) >= 11 is 7.72. The summed E-state index contributed by atoms with van der Waals surface area (Å²) < 4.78 is 71.6. The molecule has 0 aliphatic carbocycles. The van der Waals surface area contributed by atoms with Gasteiger partial charge in [0.2, 0.25) is 0 Å². The molecule has 0 spiro atoms. The van der Waals surface area contributed by atoms with Crippen molar-refractivity contribution in [3.8, 4) is 11.4 Å². The number of ether oxygens (including phenoxy) is 1. The summed E-state index contributed by atoms with van der Waals surface area (Å²) in [5, 5.41) is -1.11. The van der Waals surface area contributed by atoms with Crippen LogP contribution in [0.5, 0.6) is 0 Å². The van der Waals surface area contributed by atoms with Crippen molar-refractivity contribution >= 4 is 56.4 Å². The van der Waals surface area contributed by atoms with Gasteiger partial charge in [0.1, 0.15) is 23.9 Å². The van der Waals surface area contributed by atoms with E-state index in [4.69, 9.17) is 22.1 Å². The fourth-order valence-electron chi connectivity index (χ4n) is 2.10. The highest BCUT2D eigenvalue weighted by atomic mass is 35.5. The van der Waals surface area contributed by atoms with Gasteiger partial charge in [-0.05, 0) is 29.9 Å². The van der Waals surface area contributed by atoms with Gasteiger partial charge >= 0.3 is 12.1 Å². The zero-order chi connectivity index (χ0) is 24.1. The standard InChI is InChI=1S/C17H16ClF3N4O4S3/c1-30-8-29-11(26)7-23-13(12(18)14(22)17(19,20)21)16-24-15(25-31-16)9-4-3-5-10(6-9)32(2,27)28/h3-6H,7-8,22H2,1-2H3. The van der Waals surface area contributed by atoms with Crippen LogP contribution in [0.25, 0.3) is 11.4 Å². The number of aliphatic imine (C=N–C) groups is 1. The normalized spacial score (nSPS) is 13.6. The molecule has 0 bridgehead atoms. The summed E-state index contributed by atoms with van der Waals surface area (Å²) in [6, 6.07) is 5.69. The van der Waals surface area contributed by atoms with E-state index in [-0.39, 0.29) is 21.7 Å². The lowest BCUT2D eigenvalue weighted by Crippen LogP contribution is -2.23. The van der Waals surface area contributed by atoms with Crippen molar-refractivity contribution in [1.29, 1.82) is 0 Å². The highest BCUT2D eigenvalue weighted by Gasteiger charge is 2.36. The lowest BCUT2D eigenvalue weighted by molar-refractivity contribution is -0.139. The van der Waals surface area contributed by atoms with E-state index in [9.17, 15) is 26.4 Å². The van der Waals surface area contributed by atoms with Crippen LogP contribution in [0.4, 0.5) is 13.2 Å². The summed E-state index contributed by atoms with van der Waals surface area (Å²) in [6.45, 7) is -0.629. The molecule has 0 unspecified atom stereocenters. The topological polar surface area (TPSA) is 125 Å². The van der Waals surface area contributed by atoms with Crippen molar-refractivity contribution in [2.75, 3.05) is 25.0 Å². The SMILES string of the molecule is CSCOC(=O)CN=C(C(Cl)=C(N)C(F)(F)F)c1nc(-c2cccc(S(C)(=O)=O)c2)ns1. The molecule has 174 valence electrons. The van der Waals surface area contributed by atoms with Crippen LogP contribution in [0, 0.1) is 0 Å². The average molecular weight is 529 g/mol. The molecule has 1 heterocycles. The predicted molar refractivity (Wildman–Crippen MR) is 117 cm³/mol. The Morgan fingerprint density at radius 3 is 2.66 bits per heavy atom. The number of alkyl halides is 3. The molecule has 2 aromatic rings. The lowest BCUT2D eigenvalue weighted by atomic mass is 10.2. The van der Waals surface area contributed by atoms with Gasteiger partial charge in [-0.3, -0.25) is 9.79 Å². The Bertz CT molecular complexity index is 1160. The highest BCUT2D eigenvalue weighted by molar-refractivity contribution is 7.98. The Balaban J connectivity index is 2.50. The van der Waals surface area contributed by atoms with E-state index in [1.807, 2.05) is 0 Å². The number of thioether (sulfide) groups is 1. The largest absolute Gasteiger partial charge is 0.453 e. The van der Waals surface area contributed by atoms with Crippen LogP contribution >= 0.6 is 34.9 Å². The predicted octanol–water partition coefficient (Wildman–Crippen LogP) is 3.23. The zero-order valence-corrected chi connectivity index (χ0v) is 19.7. The van der Waals surface area contributed by atoms with Crippen LogP contribution in [0.2, 0.25) is 0 Å². The van der Waals surface area contributed by atoms with Gasteiger partial charge in [-0.25, -0.2) is 13.4 Å². The van der Waals surface area contributed by atoms with Gasteiger partial charge in [0.25, 0.3) is 0 Å². The van der Waals surface area contributed by atoms with Crippen LogP contribution < -0.4 is 5.73 Å². The first-order valence-electron chi connectivity index (χ1n) is 8.41. The third-order valence-corrected chi connectivity index (χ3v) is 6.17. The minimum atomic E-state index is -4.95. The fourth-order valence-corrected chi connectivity index (χ4v) is 4.03. The Morgan fingerprint density at radius 1 is 1.38 bits per heavy atom. The van der Waals surface area contributed by atoms with E-state index in [2.05, 4.69) is 14.3 Å². The summed E-state index contributed by atoms with van der Waals surface area (Å²) in [5.74, 6) is -0.724. The number of hydrogen-bond acceptors (Lipinski definition) is 10. The van der Waals surface area contributed by atoms with Gasteiger partial charge in [0.15, 0.2) is 20.7 Å². The molecular weight excluding hydrogens is 513 g/mol. The maximum Gasteiger partial charge on any atom is 0.432 e. The first kappa shape index (κ1) is 26.1. The number of nitrogens with two attached hydrogens (primary N) is 1. The summed E-state index contributed by atoms with van der Waals surface area (Å²) in [4.78, 5) is 19.7. The minimum absolute atomic E-state index is 0.0102. The molecule has 15 heteroatoms. The number of aromatic nitrogens is 2. The molecule has 2 rings (SSSR count). The molecule has 0 saturated heterocycles. The van der Waals surface area contributed by atoms with Crippen molar-refractivity contribution in [1.82, 2.24) is 9.36 Å². The second-order valence-corrected chi connectivity index (χ2v) is 9.99. The van der Waals surface area contributed by atoms with Gasteiger partial charge in [0.05, 0.1) is 9.93 Å². The molecule has 0 aliphatic heterocycles. The Hall–Kier alpha value is -2.16. The Morgan fingerprint density at radius 2 is 2.06 bits per heavy atom. The van der Waals surface area contributed by atoms with Gasteiger partial charge in [-0.15, -0.1) is 11.8 Å². The van der Waals surface area contributed by atoms with Crippen molar-refractivity contribution in [3.05, 3.63) is 40.0 Å². The van der Waals surface area contributed by atoms with Crippen LogP contribution in [-0.2, 0) is 19.4 Å². The highest BCUT2D eigenvalue weighted by Crippen LogP contribution is 2.29. The second kappa shape index (κ2) is 10.6. The molecule has 32 heavy (non-hydrogen) atoms. The number of carbonyl (C=O) groups is 1. The number of allylic oxidation sites excluding steroid dienone is 2. The Labute approximate surface area is 194 Å². The van der Waals surface area contributed by atoms with Crippen LogP contribution in [0.1, 0.15) is 5.01 Å². The molecule has 0 atom stereocenters. The maximum atomic E-state index is 13.1. The van der Waals surface area contributed by atoms with E-state index >= 15 is 0 Å². The van der Waals surface area contributed by atoms with Crippen molar-refractivity contribution in [2.45, 2.75) is 11.1 Å². The number of hydrogen-bond donors (Lipinski definition) is 1. The van der Waals surface area contributed by atoms with E-state index in [0.717, 1.165) is 6.26 Å². The van der Waals surface area contributed by atoms with Crippen molar-refractivity contribution in [2.24, 2.45) is 10.7 Å². The number of carbonyl (C=O) groups excluding carboxylic acids is 1. The second-order valence-electron chi connectivity index (χ2n) is 6.04. The first-order valence-corrected chi connectivity index (χ1v) is 12.8. The summed E-state index contributed by atoms with van der Waals surface area (Å²) in [5.41, 5.74) is 3.31. The number of benzene rings is 1. The van der Waals surface area contributed by atoms with E-state index in [0.29, 0.717) is 17.1 Å². The molecule has 0 radical (unpaired) electrons. The minimum Gasteiger partial charge on any atom is -0.453 e. The van der Waals surface area contributed by atoms with Crippen LogP contribution in [-0.4, -0.2) is 60.6 Å². The van der Waals surface area contributed by atoms with Crippen molar-refractivity contribution < 1.29 is 31.1 Å². The summed E-state index contributed by atoms with van der Waals surface area (Å²) in [7, 11) is -3.51. The number of halogens is 4. The molecular formula is C17H16ClF3N4O4S3. The molecule has 0 fully saturated rings. The van der Waals surface area contributed by atoms with E-state index in [1.165, 1.54) is 36.0 Å². The van der Waals surface area contributed by atoms with Gasteiger partial charge in [0, 0.05) is 11.8 Å². The number of nitrogens with zero attached hydrogens (tertiary/aromatic N) is 3. The van der Waals surface area contributed by atoms with Crippen LogP contribution in [0.3, 0.4) is 0 Å².